The molecule has 0 aliphatic carbocycles. The van der Waals surface area contributed by atoms with Crippen molar-refractivity contribution in [3.8, 4) is 0 Å². The van der Waals surface area contributed by atoms with E-state index in [0.717, 1.165) is 23.5 Å². The van der Waals surface area contributed by atoms with E-state index in [1.165, 1.54) is 6.07 Å². The largest absolute Gasteiger partial charge is 0.478 e. The van der Waals surface area contributed by atoms with E-state index in [1.807, 2.05) is 0 Å². The number of urea groups is 1. The highest BCUT2D eigenvalue weighted by Crippen LogP contribution is 2.32. The summed E-state index contributed by atoms with van der Waals surface area (Å²) in [7, 11) is 0. The zero-order valence-electron chi connectivity index (χ0n) is 10.1. The van der Waals surface area contributed by atoms with Crippen LogP contribution in [-0.2, 0) is 0 Å². The Bertz CT molecular complexity index is 699. The first-order valence-corrected chi connectivity index (χ1v) is 7.47. The number of carboxylic acids is 1. The van der Waals surface area contributed by atoms with Gasteiger partial charge in [-0.05, 0) is 39.5 Å². The highest BCUT2D eigenvalue weighted by molar-refractivity contribution is 9.10. The van der Waals surface area contributed by atoms with Gasteiger partial charge in [-0.3, -0.25) is 5.32 Å². The molecular weight excluding hydrogens is 387 g/mol. The van der Waals surface area contributed by atoms with Crippen molar-refractivity contribution in [2.45, 2.75) is 0 Å². The second-order valence-corrected chi connectivity index (χ2v) is 5.97. The molecular formula is C12H7BrClFN2O3S. The van der Waals surface area contributed by atoms with Crippen LogP contribution in [0.4, 0.5) is 19.9 Å². The molecule has 0 radical (unpaired) electrons. The Hall–Kier alpha value is -1.64. The Labute approximate surface area is 135 Å². The Kier molecular flexibility index (Phi) is 4.81. The summed E-state index contributed by atoms with van der Waals surface area (Å²) in [6, 6.07) is 2.89. The summed E-state index contributed by atoms with van der Waals surface area (Å²) in [5.74, 6) is -1.70. The average molecular weight is 394 g/mol. The molecule has 0 fully saturated rings. The van der Waals surface area contributed by atoms with Gasteiger partial charge in [0.15, 0.2) is 0 Å². The lowest BCUT2D eigenvalue weighted by Crippen LogP contribution is -2.20. The second-order valence-electron chi connectivity index (χ2n) is 3.79. The monoisotopic (exact) mass is 392 g/mol. The maximum atomic E-state index is 13.1. The molecule has 5 nitrogen and oxygen atoms in total. The van der Waals surface area contributed by atoms with Crippen molar-refractivity contribution >= 4 is 61.6 Å². The summed E-state index contributed by atoms with van der Waals surface area (Å²) < 4.78 is 13.4. The summed E-state index contributed by atoms with van der Waals surface area (Å²) in [5.41, 5.74) is 0.170. The predicted molar refractivity (Wildman–Crippen MR) is 83.0 cm³/mol. The Morgan fingerprint density at radius 2 is 2.05 bits per heavy atom. The van der Waals surface area contributed by atoms with Gasteiger partial charge in [0.05, 0.1) is 16.3 Å². The highest BCUT2D eigenvalue weighted by atomic mass is 79.9. The van der Waals surface area contributed by atoms with Crippen molar-refractivity contribution in [3.63, 3.8) is 0 Å². The van der Waals surface area contributed by atoms with Crippen LogP contribution in [0.5, 0.6) is 0 Å². The molecule has 0 bridgehead atoms. The molecule has 2 rings (SSSR count). The minimum absolute atomic E-state index is 0.0144. The first-order chi connectivity index (χ1) is 9.88. The van der Waals surface area contributed by atoms with Crippen LogP contribution < -0.4 is 10.6 Å². The van der Waals surface area contributed by atoms with E-state index >= 15 is 0 Å². The molecule has 0 aliphatic rings. The third kappa shape index (κ3) is 3.72. The van der Waals surface area contributed by atoms with Gasteiger partial charge >= 0.3 is 12.0 Å². The number of thiophene rings is 1. The van der Waals surface area contributed by atoms with E-state index in [1.54, 1.807) is 5.38 Å². The number of anilines is 2. The van der Waals surface area contributed by atoms with Crippen molar-refractivity contribution in [2.24, 2.45) is 0 Å². The van der Waals surface area contributed by atoms with Gasteiger partial charge in [0, 0.05) is 4.47 Å². The van der Waals surface area contributed by atoms with E-state index in [-0.39, 0.29) is 25.7 Å². The Balaban J connectivity index is 2.16. The minimum Gasteiger partial charge on any atom is -0.478 e. The molecule has 0 unspecified atom stereocenters. The SMILES string of the molecule is O=C(Nc1sccc1C(=O)O)Nc1c(Cl)cc(F)cc1Br. The number of halogens is 3. The van der Waals surface area contributed by atoms with Crippen LogP contribution in [0.15, 0.2) is 28.1 Å². The number of amides is 2. The minimum atomic E-state index is -1.15. The number of rotatable bonds is 3. The molecule has 2 amide bonds. The molecule has 0 aliphatic heterocycles. The molecule has 3 N–H and O–H groups in total. The number of hydrogen-bond acceptors (Lipinski definition) is 3. The van der Waals surface area contributed by atoms with Gasteiger partial charge in [-0.1, -0.05) is 11.6 Å². The lowest BCUT2D eigenvalue weighted by atomic mass is 10.3. The molecule has 0 spiro atoms. The van der Waals surface area contributed by atoms with Gasteiger partial charge in [0.1, 0.15) is 10.8 Å². The van der Waals surface area contributed by atoms with Gasteiger partial charge in [-0.25, -0.2) is 14.0 Å². The van der Waals surface area contributed by atoms with Crippen LogP contribution >= 0.6 is 38.9 Å². The van der Waals surface area contributed by atoms with Gasteiger partial charge in [-0.2, -0.15) is 0 Å². The van der Waals surface area contributed by atoms with Gasteiger partial charge < -0.3 is 10.4 Å². The van der Waals surface area contributed by atoms with E-state index in [9.17, 15) is 14.0 Å². The quantitative estimate of drug-likeness (QED) is 0.710. The molecule has 9 heteroatoms. The van der Waals surface area contributed by atoms with Crippen molar-refractivity contribution in [2.75, 3.05) is 10.6 Å². The van der Waals surface area contributed by atoms with E-state index < -0.39 is 17.8 Å². The summed E-state index contributed by atoms with van der Waals surface area (Å²) >= 11 is 9.99. The van der Waals surface area contributed by atoms with Crippen molar-refractivity contribution in [3.05, 3.63) is 44.5 Å². The fourth-order valence-electron chi connectivity index (χ4n) is 1.48. The Morgan fingerprint density at radius 3 is 2.67 bits per heavy atom. The first kappa shape index (κ1) is 15.7. The number of carboxylic acid groups (broad SMARTS) is 1. The van der Waals surface area contributed by atoms with Gasteiger partial charge in [0.2, 0.25) is 0 Å². The molecule has 0 atom stereocenters. The predicted octanol–water partition coefficient (Wildman–Crippen LogP) is 4.65. The highest BCUT2D eigenvalue weighted by Gasteiger charge is 2.16. The number of carbonyl (C=O) groups excluding carboxylic acids is 1. The first-order valence-electron chi connectivity index (χ1n) is 5.42. The second kappa shape index (κ2) is 6.42. The van der Waals surface area contributed by atoms with Crippen LogP contribution in [0, 0.1) is 5.82 Å². The summed E-state index contributed by atoms with van der Waals surface area (Å²) in [6.07, 6.45) is 0. The molecule has 1 aromatic heterocycles. The topological polar surface area (TPSA) is 78.4 Å². The van der Waals surface area contributed by atoms with Crippen LogP contribution in [0.25, 0.3) is 0 Å². The van der Waals surface area contributed by atoms with Crippen LogP contribution in [0.1, 0.15) is 10.4 Å². The molecule has 21 heavy (non-hydrogen) atoms. The molecule has 110 valence electrons. The number of nitrogens with one attached hydrogen (secondary N) is 2. The zero-order chi connectivity index (χ0) is 15.6. The van der Waals surface area contributed by atoms with Crippen LogP contribution in [0.3, 0.4) is 0 Å². The lowest BCUT2D eigenvalue weighted by molar-refractivity contribution is 0.0698. The van der Waals surface area contributed by atoms with Crippen molar-refractivity contribution < 1.29 is 19.1 Å². The number of aromatic carboxylic acids is 1. The fourth-order valence-corrected chi connectivity index (χ4v) is 3.16. The van der Waals surface area contributed by atoms with Crippen molar-refractivity contribution in [1.82, 2.24) is 0 Å². The maximum absolute atomic E-state index is 13.1. The summed E-state index contributed by atoms with van der Waals surface area (Å²) in [4.78, 5) is 22.8. The van der Waals surface area contributed by atoms with E-state index in [2.05, 4.69) is 26.6 Å². The smallest absolute Gasteiger partial charge is 0.338 e. The molecule has 1 heterocycles. The Morgan fingerprint density at radius 1 is 1.33 bits per heavy atom. The molecule has 0 saturated carbocycles. The number of carbonyl (C=O) groups is 2. The number of benzene rings is 1. The van der Waals surface area contributed by atoms with Gasteiger partial charge in [-0.15, -0.1) is 11.3 Å². The molecule has 1 aromatic carbocycles. The zero-order valence-corrected chi connectivity index (χ0v) is 13.3. The fraction of sp³-hybridized carbons (Fsp3) is 0. The van der Waals surface area contributed by atoms with E-state index in [4.69, 9.17) is 16.7 Å². The molecule has 0 saturated heterocycles. The maximum Gasteiger partial charge on any atom is 0.338 e. The van der Waals surface area contributed by atoms with Crippen LogP contribution in [0.2, 0.25) is 5.02 Å². The third-order valence-corrected chi connectivity index (χ3v) is 4.12. The summed E-state index contributed by atoms with van der Waals surface area (Å²) in [5, 5.41) is 15.5. The normalized spacial score (nSPS) is 10.2. The molecule has 2 aromatic rings. The van der Waals surface area contributed by atoms with Crippen molar-refractivity contribution in [1.29, 1.82) is 0 Å². The third-order valence-electron chi connectivity index (χ3n) is 2.37. The summed E-state index contributed by atoms with van der Waals surface area (Å²) in [6.45, 7) is 0. The number of hydrogen-bond donors (Lipinski definition) is 3. The van der Waals surface area contributed by atoms with E-state index in [0.29, 0.717) is 0 Å². The average Bonchev–Trinajstić information content (AvgIpc) is 2.82. The standard InChI is InChI=1S/C12H7BrClFN2O3S/c13-7-3-5(15)4-8(14)9(7)16-12(20)17-10-6(11(18)19)1-2-21-10/h1-4H,(H,18,19)(H2,16,17,20). The lowest BCUT2D eigenvalue weighted by Gasteiger charge is -2.10. The van der Waals surface area contributed by atoms with Crippen LogP contribution in [-0.4, -0.2) is 17.1 Å². The van der Waals surface area contributed by atoms with Gasteiger partial charge in [0.25, 0.3) is 0 Å².